The Hall–Kier alpha value is -2.12. The van der Waals surface area contributed by atoms with Gasteiger partial charge in [0, 0.05) is 21.6 Å². The lowest BCUT2D eigenvalue weighted by Gasteiger charge is -2.03. The topological polar surface area (TPSA) is 54.9 Å². The molecule has 1 aromatic heterocycles. The maximum absolute atomic E-state index is 13.0. The van der Waals surface area contributed by atoms with Gasteiger partial charge in [-0.15, -0.1) is 0 Å². The summed E-state index contributed by atoms with van der Waals surface area (Å²) in [6.45, 7) is 0. The van der Waals surface area contributed by atoms with Crippen molar-refractivity contribution in [3.8, 4) is 11.4 Å². The highest BCUT2D eigenvalue weighted by Gasteiger charge is 2.14. The molecule has 0 saturated carbocycles. The minimum Gasteiger partial charge on any atom is -0.297 e. The standard InChI is InChI=1S/C15H9BrFN3OS/c16-12-8-10(17)6-7-11(12)14(21)19-15-18-13(20-22-15)9-4-2-1-3-5-9/h1-8H,(H,18,19,20,21). The third kappa shape index (κ3) is 3.20. The third-order valence-corrected chi connectivity index (χ3v) is 4.14. The lowest BCUT2D eigenvalue weighted by Crippen LogP contribution is -2.12. The number of hydrogen-bond acceptors (Lipinski definition) is 4. The lowest BCUT2D eigenvalue weighted by atomic mass is 10.2. The van der Waals surface area contributed by atoms with E-state index in [1.165, 1.54) is 18.2 Å². The molecule has 1 heterocycles. The first-order valence-corrected chi connectivity index (χ1v) is 7.85. The van der Waals surface area contributed by atoms with E-state index in [0.29, 0.717) is 21.0 Å². The molecule has 0 saturated heterocycles. The molecule has 0 bridgehead atoms. The van der Waals surface area contributed by atoms with Crippen LogP contribution in [0.2, 0.25) is 0 Å². The van der Waals surface area contributed by atoms with E-state index >= 15 is 0 Å². The Morgan fingerprint density at radius 2 is 1.95 bits per heavy atom. The van der Waals surface area contributed by atoms with E-state index in [4.69, 9.17) is 0 Å². The molecule has 22 heavy (non-hydrogen) atoms. The van der Waals surface area contributed by atoms with Crippen LogP contribution in [0.3, 0.4) is 0 Å². The number of nitrogens with zero attached hydrogens (tertiary/aromatic N) is 2. The van der Waals surface area contributed by atoms with Crippen molar-refractivity contribution in [2.24, 2.45) is 0 Å². The molecule has 0 unspecified atom stereocenters. The van der Waals surface area contributed by atoms with Crippen molar-refractivity contribution in [1.29, 1.82) is 0 Å². The maximum atomic E-state index is 13.0. The Labute approximate surface area is 138 Å². The number of amides is 1. The molecule has 1 N–H and O–H groups in total. The zero-order valence-corrected chi connectivity index (χ0v) is 13.5. The van der Waals surface area contributed by atoms with Gasteiger partial charge in [0.2, 0.25) is 5.13 Å². The molecule has 2 aromatic carbocycles. The van der Waals surface area contributed by atoms with Gasteiger partial charge in [0.25, 0.3) is 5.91 Å². The zero-order chi connectivity index (χ0) is 15.5. The summed E-state index contributed by atoms with van der Waals surface area (Å²) < 4.78 is 17.6. The highest BCUT2D eigenvalue weighted by molar-refractivity contribution is 9.10. The van der Waals surface area contributed by atoms with Crippen molar-refractivity contribution in [2.75, 3.05) is 5.32 Å². The predicted octanol–water partition coefficient (Wildman–Crippen LogP) is 4.36. The van der Waals surface area contributed by atoms with E-state index in [-0.39, 0.29) is 5.91 Å². The van der Waals surface area contributed by atoms with Gasteiger partial charge < -0.3 is 0 Å². The molecule has 4 nitrogen and oxygen atoms in total. The van der Waals surface area contributed by atoms with Gasteiger partial charge in [-0.3, -0.25) is 10.1 Å². The lowest BCUT2D eigenvalue weighted by molar-refractivity contribution is 0.102. The second kappa shape index (κ2) is 6.33. The first-order valence-electron chi connectivity index (χ1n) is 6.29. The molecule has 1 amide bonds. The first kappa shape index (κ1) is 14.8. The van der Waals surface area contributed by atoms with Crippen LogP contribution >= 0.6 is 27.5 Å². The largest absolute Gasteiger partial charge is 0.297 e. The number of aromatic nitrogens is 2. The van der Waals surface area contributed by atoms with Gasteiger partial charge in [0.1, 0.15) is 5.82 Å². The minimum absolute atomic E-state index is 0.331. The molecule has 0 aliphatic heterocycles. The van der Waals surface area contributed by atoms with E-state index < -0.39 is 5.82 Å². The monoisotopic (exact) mass is 377 g/mol. The number of halogens is 2. The maximum Gasteiger partial charge on any atom is 0.258 e. The van der Waals surface area contributed by atoms with Gasteiger partial charge >= 0.3 is 0 Å². The third-order valence-electron chi connectivity index (χ3n) is 2.85. The van der Waals surface area contributed by atoms with Crippen molar-refractivity contribution in [1.82, 2.24) is 9.36 Å². The Morgan fingerprint density at radius 3 is 2.68 bits per heavy atom. The van der Waals surface area contributed by atoms with Crippen LogP contribution in [-0.2, 0) is 0 Å². The Balaban J connectivity index is 1.79. The molecule has 0 spiro atoms. The summed E-state index contributed by atoms with van der Waals surface area (Å²) in [5.74, 6) is -0.229. The summed E-state index contributed by atoms with van der Waals surface area (Å²) in [5.41, 5.74) is 1.21. The fourth-order valence-electron chi connectivity index (χ4n) is 1.82. The average Bonchev–Trinajstić information content (AvgIpc) is 2.96. The molecule has 110 valence electrons. The smallest absolute Gasteiger partial charge is 0.258 e. The van der Waals surface area contributed by atoms with Crippen LogP contribution in [-0.4, -0.2) is 15.3 Å². The Bertz CT molecular complexity index is 823. The van der Waals surface area contributed by atoms with Gasteiger partial charge in [0.05, 0.1) is 5.56 Å². The number of nitrogens with one attached hydrogen (secondary N) is 1. The normalized spacial score (nSPS) is 10.5. The van der Waals surface area contributed by atoms with Crippen LogP contribution < -0.4 is 5.32 Å². The number of benzene rings is 2. The molecule has 7 heteroatoms. The van der Waals surface area contributed by atoms with Crippen molar-refractivity contribution < 1.29 is 9.18 Å². The number of carbonyl (C=O) groups excluding carboxylic acids is 1. The quantitative estimate of drug-likeness (QED) is 0.737. The van der Waals surface area contributed by atoms with Crippen LogP contribution in [0.5, 0.6) is 0 Å². The van der Waals surface area contributed by atoms with E-state index in [0.717, 1.165) is 17.1 Å². The molecule has 0 aliphatic carbocycles. The van der Waals surface area contributed by atoms with Crippen molar-refractivity contribution >= 4 is 38.5 Å². The number of rotatable bonds is 3. The van der Waals surface area contributed by atoms with Crippen LogP contribution in [0.1, 0.15) is 10.4 Å². The van der Waals surface area contributed by atoms with Crippen molar-refractivity contribution in [3.05, 3.63) is 64.4 Å². The summed E-state index contributed by atoms with van der Waals surface area (Å²) in [6.07, 6.45) is 0. The van der Waals surface area contributed by atoms with E-state index in [1.807, 2.05) is 30.3 Å². The minimum atomic E-state index is -0.411. The predicted molar refractivity (Wildman–Crippen MR) is 87.4 cm³/mol. The van der Waals surface area contributed by atoms with Crippen LogP contribution in [0, 0.1) is 5.82 Å². The molecule has 0 fully saturated rings. The Kier molecular flexibility index (Phi) is 4.26. The van der Waals surface area contributed by atoms with Crippen LogP contribution in [0.15, 0.2) is 53.0 Å². The fraction of sp³-hybridized carbons (Fsp3) is 0. The van der Waals surface area contributed by atoms with Gasteiger partial charge in [-0.2, -0.15) is 9.36 Å². The van der Waals surface area contributed by atoms with Gasteiger partial charge in [-0.25, -0.2) is 4.39 Å². The van der Waals surface area contributed by atoms with Gasteiger partial charge in [-0.1, -0.05) is 30.3 Å². The number of anilines is 1. The van der Waals surface area contributed by atoms with Crippen LogP contribution in [0.4, 0.5) is 9.52 Å². The molecule has 0 radical (unpaired) electrons. The highest BCUT2D eigenvalue weighted by atomic mass is 79.9. The number of hydrogen-bond donors (Lipinski definition) is 1. The van der Waals surface area contributed by atoms with Gasteiger partial charge in [-0.05, 0) is 34.1 Å². The fourth-order valence-corrected chi connectivity index (χ4v) is 2.93. The second-order valence-corrected chi connectivity index (χ2v) is 5.97. The molecule has 3 rings (SSSR count). The average molecular weight is 378 g/mol. The summed E-state index contributed by atoms with van der Waals surface area (Å²) >= 11 is 4.26. The number of carbonyl (C=O) groups is 1. The molecule has 3 aromatic rings. The summed E-state index contributed by atoms with van der Waals surface area (Å²) in [6, 6.07) is 13.4. The SMILES string of the molecule is O=C(Nc1nc(-c2ccccc2)ns1)c1ccc(F)cc1Br. The zero-order valence-electron chi connectivity index (χ0n) is 11.1. The molecular formula is C15H9BrFN3OS. The van der Waals surface area contributed by atoms with E-state index in [9.17, 15) is 9.18 Å². The molecular weight excluding hydrogens is 369 g/mol. The van der Waals surface area contributed by atoms with E-state index in [1.54, 1.807) is 0 Å². The Morgan fingerprint density at radius 1 is 1.18 bits per heavy atom. The first-order chi connectivity index (χ1) is 10.6. The highest BCUT2D eigenvalue weighted by Crippen LogP contribution is 2.23. The summed E-state index contributed by atoms with van der Waals surface area (Å²) in [4.78, 5) is 16.4. The summed E-state index contributed by atoms with van der Waals surface area (Å²) in [5, 5.41) is 3.05. The van der Waals surface area contributed by atoms with Crippen molar-refractivity contribution in [3.63, 3.8) is 0 Å². The molecule has 0 aliphatic rings. The molecule has 0 atom stereocenters. The van der Waals surface area contributed by atoms with E-state index in [2.05, 4.69) is 30.6 Å². The second-order valence-electron chi connectivity index (χ2n) is 4.37. The van der Waals surface area contributed by atoms with Gasteiger partial charge in [0.15, 0.2) is 5.82 Å². The van der Waals surface area contributed by atoms with Crippen LogP contribution in [0.25, 0.3) is 11.4 Å². The summed E-state index contributed by atoms with van der Waals surface area (Å²) in [7, 11) is 0. The van der Waals surface area contributed by atoms with Crippen molar-refractivity contribution in [2.45, 2.75) is 0 Å².